The number of nitrogens with zero attached hydrogens (tertiary/aromatic N) is 1. The van der Waals surface area contributed by atoms with Gasteiger partial charge in [-0.25, -0.2) is 0 Å². The smallest absolute Gasteiger partial charge is 0.307 e. The summed E-state index contributed by atoms with van der Waals surface area (Å²) in [6, 6.07) is 9.79. The molecule has 3 N–H and O–H groups in total. The minimum absolute atomic E-state index is 0.0728. The summed E-state index contributed by atoms with van der Waals surface area (Å²) in [5.41, 5.74) is 1.09. The minimum atomic E-state index is -0.985. The van der Waals surface area contributed by atoms with E-state index in [9.17, 15) is 24.9 Å². The lowest BCUT2D eigenvalue weighted by atomic mass is 9.78. The van der Waals surface area contributed by atoms with Gasteiger partial charge in [0.25, 0.3) is 0 Å². The molecule has 0 bridgehead atoms. The van der Waals surface area contributed by atoms with Crippen molar-refractivity contribution in [3.05, 3.63) is 35.9 Å². The van der Waals surface area contributed by atoms with Crippen LogP contribution in [0.5, 0.6) is 0 Å². The molecule has 1 aromatic carbocycles. The van der Waals surface area contributed by atoms with E-state index in [1.54, 1.807) is 6.92 Å². The van der Waals surface area contributed by atoms with E-state index in [4.69, 9.17) is 0 Å². The van der Waals surface area contributed by atoms with Gasteiger partial charge in [-0.2, -0.15) is 0 Å². The molecule has 0 fully saturated rings. The summed E-state index contributed by atoms with van der Waals surface area (Å²) in [6.07, 6.45) is 1.57. The number of aliphatic hydroxyl groups excluding tert-OH is 2. The number of benzene rings is 1. The van der Waals surface area contributed by atoms with Crippen LogP contribution < -0.4 is 0 Å². The predicted octanol–water partition coefficient (Wildman–Crippen LogP) is 2.11. The Kier molecular flexibility index (Phi) is 9.91. The van der Waals surface area contributed by atoms with Crippen LogP contribution in [-0.4, -0.2) is 58.4 Å². The minimum Gasteiger partial charge on any atom is -0.481 e. The van der Waals surface area contributed by atoms with Gasteiger partial charge in [-0.1, -0.05) is 44.2 Å². The predicted molar refractivity (Wildman–Crippen MR) is 99.7 cm³/mol. The van der Waals surface area contributed by atoms with Crippen LogP contribution in [0.2, 0.25) is 0 Å². The lowest BCUT2D eigenvalue weighted by Gasteiger charge is -2.31. The highest BCUT2D eigenvalue weighted by Crippen LogP contribution is 2.33. The first-order valence-corrected chi connectivity index (χ1v) is 9.28. The highest BCUT2D eigenvalue weighted by atomic mass is 16.4. The summed E-state index contributed by atoms with van der Waals surface area (Å²) in [6.45, 7) is 3.53. The third-order valence-electron chi connectivity index (χ3n) is 4.91. The van der Waals surface area contributed by atoms with Gasteiger partial charge in [0.15, 0.2) is 0 Å². The number of carboxylic acids is 1. The first-order valence-electron chi connectivity index (χ1n) is 9.28. The van der Waals surface area contributed by atoms with Crippen molar-refractivity contribution in [2.75, 3.05) is 26.3 Å². The first kappa shape index (κ1) is 22.1. The van der Waals surface area contributed by atoms with Gasteiger partial charge in [0, 0.05) is 13.1 Å². The molecule has 1 aromatic rings. The van der Waals surface area contributed by atoms with Crippen molar-refractivity contribution < 1.29 is 24.9 Å². The Morgan fingerprint density at radius 2 is 1.54 bits per heavy atom. The molecule has 0 spiro atoms. The molecule has 3 unspecified atom stereocenters. The van der Waals surface area contributed by atoms with Gasteiger partial charge in [-0.05, 0) is 30.7 Å². The molecule has 1 rings (SSSR count). The van der Waals surface area contributed by atoms with Crippen LogP contribution >= 0.6 is 0 Å². The molecule has 0 aliphatic carbocycles. The molecular formula is C20H31NO5. The van der Waals surface area contributed by atoms with Gasteiger partial charge >= 0.3 is 5.97 Å². The van der Waals surface area contributed by atoms with Crippen LogP contribution in [0, 0.1) is 11.8 Å². The van der Waals surface area contributed by atoms with Crippen molar-refractivity contribution in [2.45, 2.75) is 39.0 Å². The molecule has 0 radical (unpaired) electrons. The molecule has 1 amide bonds. The van der Waals surface area contributed by atoms with Gasteiger partial charge in [0.1, 0.15) is 0 Å². The zero-order valence-corrected chi connectivity index (χ0v) is 15.7. The van der Waals surface area contributed by atoms with Crippen LogP contribution in [0.4, 0.5) is 0 Å². The van der Waals surface area contributed by atoms with E-state index in [1.165, 1.54) is 4.90 Å². The van der Waals surface area contributed by atoms with Crippen molar-refractivity contribution in [3.8, 4) is 0 Å². The molecule has 6 heteroatoms. The third-order valence-corrected chi connectivity index (χ3v) is 4.91. The van der Waals surface area contributed by atoms with E-state index in [1.807, 2.05) is 37.3 Å². The highest BCUT2D eigenvalue weighted by molar-refractivity contribution is 5.85. The molecule has 146 valence electrons. The largest absolute Gasteiger partial charge is 0.481 e. The van der Waals surface area contributed by atoms with Crippen LogP contribution in [0.3, 0.4) is 0 Å². The Labute approximate surface area is 155 Å². The summed E-state index contributed by atoms with van der Waals surface area (Å²) < 4.78 is 0. The SMILES string of the molecule is CCC(CC(C(=O)N(CCO)CCO)C(CC)C(=O)O)c1ccccc1. The number of carbonyl (C=O) groups is 2. The molecule has 3 atom stereocenters. The normalized spacial score (nSPS) is 14.5. The number of hydrogen-bond acceptors (Lipinski definition) is 4. The van der Waals surface area contributed by atoms with Crippen LogP contribution in [-0.2, 0) is 9.59 Å². The summed E-state index contributed by atoms with van der Waals surface area (Å²) in [5.74, 6) is -2.71. The average molecular weight is 365 g/mol. The lowest BCUT2D eigenvalue weighted by molar-refractivity contribution is -0.151. The van der Waals surface area contributed by atoms with Crippen molar-refractivity contribution in [3.63, 3.8) is 0 Å². The molecule has 0 aromatic heterocycles. The molecule has 6 nitrogen and oxygen atoms in total. The Hall–Kier alpha value is -1.92. The van der Waals surface area contributed by atoms with Crippen LogP contribution in [0.15, 0.2) is 30.3 Å². The number of carboxylic acid groups (broad SMARTS) is 1. The van der Waals surface area contributed by atoms with E-state index in [2.05, 4.69) is 0 Å². The maximum Gasteiger partial charge on any atom is 0.307 e. The Morgan fingerprint density at radius 1 is 0.962 bits per heavy atom. The zero-order chi connectivity index (χ0) is 19.5. The zero-order valence-electron chi connectivity index (χ0n) is 15.7. The Bertz CT molecular complexity index is 542. The van der Waals surface area contributed by atoms with Gasteiger partial charge in [0.2, 0.25) is 5.91 Å². The summed E-state index contributed by atoms with van der Waals surface area (Å²) in [5, 5.41) is 28.0. The van der Waals surface area contributed by atoms with Gasteiger partial charge in [-0.3, -0.25) is 9.59 Å². The average Bonchev–Trinajstić information content (AvgIpc) is 2.64. The van der Waals surface area contributed by atoms with Crippen LogP contribution in [0.1, 0.15) is 44.6 Å². The van der Waals surface area contributed by atoms with E-state index in [0.717, 1.165) is 12.0 Å². The number of rotatable bonds is 12. The lowest BCUT2D eigenvalue weighted by Crippen LogP contribution is -2.44. The van der Waals surface area contributed by atoms with E-state index in [-0.39, 0.29) is 38.1 Å². The standard InChI is InChI=1S/C20H31NO5/c1-3-15(16-8-6-5-7-9-16)14-18(17(4-2)20(25)26)19(24)21(10-12-22)11-13-23/h5-9,15,17-18,22-23H,3-4,10-14H2,1-2H3,(H,25,26). The third kappa shape index (κ3) is 6.11. The quantitative estimate of drug-likeness (QED) is 0.527. The fraction of sp³-hybridized carbons (Fsp3) is 0.600. The number of amides is 1. The van der Waals surface area contributed by atoms with E-state index < -0.39 is 17.8 Å². The first-order chi connectivity index (χ1) is 12.5. The maximum absolute atomic E-state index is 13.1. The van der Waals surface area contributed by atoms with Crippen molar-refractivity contribution in [1.82, 2.24) is 4.90 Å². The van der Waals surface area contributed by atoms with E-state index in [0.29, 0.717) is 12.8 Å². The number of carbonyl (C=O) groups excluding carboxylic acids is 1. The molecule has 0 aliphatic rings. The van der Waals surface area contributed by atoms with Crippen molar-refractivity contribution in [1.29, 1.82) is 0 Å². The maximum atomic E-state index is 13.1. The van der Waals surface area contributed by atoms with Gasteiger partial charge in [0.05, 0.1) is 25.0 Å². The highest BCUT2D eigenvalue weighted by Gasteiger charge is 2.36. The second kappa shape index (κ2) is 11.6. The van der Waals surface area contributed by atoms with E-state index >= 15 is 0 Å². The summed E-state index contributed by atoms with van der Waals surface area (Å²) in [4.78, 5) is 26.2. The fourth-order valence-corrected chi connectivity index (χ4v) is 3.45. The number of aliphatic carboxylic acids is 1. The molecule has 0 saturated carbocycles. The number of hydrogen-bond donors (Lipinski definition) is 3. The monoisotopic (exact) mass is 365 g/mol. The van der Waals surface area contributed by atoms with Crippen LogP contribution in [0.25, 0.3) is 0 Å². The Balaban J connectivity index is 3.14. The van der Waals surface area contributed by atoms with Gasteiger partial charge < -0.3 is 20.2 Å². The summed E-state index contributed by atoms with van der Waals surface area (Å²) in [7, 11) is 0. The Morgan fingerprint density at radius 3 is 1.96 bits per heavy atom. The molecule has 0 heterocycles. The molecule has 0 saturated heterocycles. The molecular weight excluding hydrogens is 334 g/mol. The summed E-state index contributed by atoms with van der Waals surface area (Å²) >= 11 is 0. The van der Waals surface area contributed by atoms with Crippen molar-refractivity contribution in [2.24, 2.45) is 11.8 Å². The van der Waals surface area contributed by atoms with Gasteiger partial charge in [-0.15, -0.1) is 0 Å². The second-order valence-electron chi connectivity index (χ2n) is 6.48. The second-order valence-corrected chi connectivity index (χ2v) is 6.48. The number of aliphatic hydroxyl groups is 2. The fourth-order valence-electron chi connectivity index (χ4n) is 3.45. The van der Waals surface area contributed by atoms with Crippen molar-refractivity contribution >= 4 is 11.9 Å². The molecule has 0 aliphatic heterocycles. The molecule has 26 heavy (non-hydrogen) atoms. The topological polar surface area (TPSA) is 98.1 Å².